The molecule has 1 saturated carbocycles. The van der Waals surface area contributed by atoms with E-state index in [1.165, 1.54) is 26.4 Å². The van der Waals surface area contributed by atoms with Gasteiger partial charge in [0.25, 0.3) is 5.91 Å². The van der Waals surface area contributed by atoms with E-state index in [0.29, 0.717) is 23.2 Å². The SMILES string of the molecule is COc1ccc(OC)c(NC(=O)/C(C#N)=C\N(C)C2CCCCC2)c1. The fraction of sp³-hybridized carbons (Fsp3) is 0.474. The molecule has 134 valence electrons. The third-order valence-electron chi connectivity index (χ3n) is 4.50. The van der Waals surface area contributed by atoms with E-state index in [2.05, 4.69) is 5.32 Å². The van der Waals surface area contributed by atoms with Crippen LogP contribution in [0.2, 0.25) is 0 Å². The van der Waals surface area contributed by atoms with Crippen molar-refractivity contribution in [2.75, 3.05) is 26.6 Å². The molecule has 0 bridgehead atoms. The predicted octanol–water partition coefficient (Wildman–Crippen LogP) is 3.31. The Bertz CT molecular complexity index is 673. The van der Waals surface area contributed by atoms with Crippen molar-refractivity contribution in [1.82, 2.24) is 4.90 Å². The molecular formula is C19H25N3O3. The van der Waals surface area contributed by atoms with Gasteiger partial charge in [-0.25, -0.2) is 0 Å². The third kappa shape index (κ3) is 4.90. The standard InChI is InChI=1S/C19H25N3O3/c1-22(15-7-5-4-6-8-15)13-14(12-20)19(23)21-17-11-16(24-2)9-10-18(17)25-3/h9-11,13,15H,4-8H2,1-3H3,(H,21,23)/b14-13-. The summed E-state index contributed by atoms with van der Waals surface area (Å²) in [6.45, 7) is 0. The molecule has 0 atom stereocenters. The molecule has 0 spiro atoms. The van der Waals surface area contributed by atoms with Crippen LogP contribution in [0.15, 0.2) is 30.0 Å². The highest BCUT2D eigenvalue weighted by molar-refractivity contribution is 6.07. The van der Waals surface area contributed by atoms with Crippen LogP contribution in [0.1, 0.15) is 32.1 Å². The second kappa shape index (κ2) is 8.97. The minimum absolute atomic E-state index is 0.0675. The van der Waals surface area contributed by atoms with Gasteiger partial charge in [-0.1, -0.05) is 19.3 Å². The smallest absolute Gasteiger partial charge is 0.267 e. The van der Waals surface area contributed by atoms with Gasteiger partial charge in [-0.15, -0.1) is 0 Å². The molecule has 0 heterocycles. The normalized spacial score (nSPS) is 15.2. The van der Waals surface area contributed by atoms with E-state index in [0.717, 1.165) is 12.8 Å². The van der Waals surface area contributed by atoms with E-state index >= 15 is 0 Å². The summed E-state index contributed by atoms with van der Waals surface area (Å²) in [5, 5.41) is 12.1. The largest absolute Gasteiger partial charge is 0.497 e. The summed E-state index contributed by atoms with van der Waals surface area (Å²) < 4.78 is 10.4. The topological polar surface area (TPSA) is 74.6 Å². The van der Waals surface area contributed by atoms with Crippen LogP contribution in [-0.2, 0) is 4.79 Å². The second-order valence-electron chi connectivity index (χ2n) is 6.13. The zero-order valence-corrected chi connectivity index (χ0v) is 15.0. The lowest BCUT2D eigenvalue weighted by molar-refractivity contribution is -0.112. The highest BCUT2D eigenvalue weighted by Gasteiger charge is 2.19. The molecular weight excluding hydrogens is 318 g/mol. The molecule has 1 aromatic carbocycles. The lowest BCUT2D eigenvalue weighted by atomic mass is 9.94. The number of nitriles is 1. The number of amides is 1. The number of ether oxygens (including phenoxy) is 2. The number of carbonyl (C=O) groups excluding carboxylic acids is 1. The second-order valence-corrected chi connectivity index (χ2v) is 6.13. The van der Waals surface area contributed by atoms with Crippen molar-refractivity contribution in [3.05, 3.63) is 30.0 Å². The summed E-state index contributed by atoms with van der Waals surface area (Å²) in [4.78, 5) is 14.5. The lowest BCUT2D eigenvalue weighted by Gasteiger charge is -2.30. The van der Waals surface area contributed by atoms with Crippen LogP contribution in [0.25, 0.3) is 0 Å². The summed E-state index contributed by atoms with van der Waals surface area (Å²) in [6.07, 6.45) is 7.47. The zero-order chi connectivity index (χ0) is 18.2. The van der Waals surface area contributed by atoms with Crippen molar-refractivity contribution in [3.8, 4) is 17.6 Å². The van der Waals surface area contributed by atoms with Crippen LogP contribution in [-0.4, -0.2) is 38.1 Å². The van der Waals surface area contributed by atoms with E-state index in [1.807, 2.05) is 18.0 Å². The van der Waals surface area contributed by atoms with Crippen LogP contribution in [0.3, 0.4) is 0 Å². The van der Waals surface area contributed by atoms with Gasteiger partial charge >= 0.3 is 0 Å². The highest BCUT2D eigenvalue weighted by atomic mass is 16.5. The first kappa shape index (κ1) is 18.7. The number of carbonyl (C=O) groups is 1. The van der Waals surface area contributed by atoms with Gasteiger partial charge in [0, 0.05) is 25.4 Å². The predicted molar refractivity (Wildman–Crippen MR) is 96.5 cm³/mol. The number of nitrogens with one attached hydrogen (secondary N) is 1. The average molecular weight is 343 g/mol. The first-order valence-electron chi connectivity index (χ1n) is 8.46. The van der Waals surface area contributed by atoms with Gasteiger partial charge in [-0.05, 0) is 25.0 Å². The van der Waals surface area contributed by atoms with E-state index in [-0.39, 0.29) is 5.57 Å². The summed E-state index contributed by atoms with van der Waals surface area (Å²) in [6, 6.07) is 7.49. The maximum atomic E-state index is 12.5. The summed E-state index contributed by atoms with van der Waals surface area (Å²) in [7, 11) is 5.00. The van der Waals surface area contributed by atoms with Crippen molar-refractivity contribution in [2.24, 2.45) is 0 Å². The molecule has 0 aromatic heterocycles. The molecule has 1 aliphatic carbocycles. The van der Waals surface area contributed by atoms with E-state index < -0.39 is 5.91 Å². The molecule has 1 aliphatic rings. The fourth-order valence-electron chi connectivity index (χ4n) is 3.04. The molecule has 6 nitrogen and oxygen atoms in total. The quantitative estimate of drug-likeness (QED) is 0.633. The van der Waals surface area contributed by atoms with Crippen molar-refractivity contribution in [2.45, 2.75) is 38.1 Å². The molecule has 1 N–H and O–H groups in total. The Morgan fingerprint density at radius 1 is 1.28 bits per heavy atom. The minimum Gasteiger partial charge on any atom is -0.497 e. The first-order chi connectivity index (χ1) is 12.1. The van der Waals surface area contributed by atoms with Crippen molar-refractivity contribution in [1.29, 1.82) is 5.26 Å². The Kier molecular flexibility index (Phi) is 6.70. The van der Waals surface area contributed by atoms with E-state index in [1.54, 1.807) is 31.5 Å². The molecule has 0 saturated heterocycles. The number of benzene rings is 1. The number of hydrogen-bond donors (Lipinski definition) is 1. The van der Waals surface area contributed by atoms with Crippen molar-refractivity contribution in [3.63, 3.8) is 0 Å². The van der Waals surface area contributed by atoms with Gasteiger partial charge in [-0.3, -0.25) is 4.79 Å². The number of nitrogens with zero attached hydrogens (tertiary/aromatic N) is 2. The van der Waals surface area contributed by atoms with Crippen LogP contribution >= 0.6 is 0 Å². The monoisotopic (exact) mass is 343 g/mol. The molecule has 0 unspecified atom stereocenters. The maximum absolute atomic E-state index is 12.5. The number of anilines is 1. The number of methoxy groups -OCH3 is 2. The highest BCUT2D eigenvalue weighted by Crippen LogP contribution is 2.29. The van der Waals surface area contributed by atoms with Gasteiger partial charge in [0.15, 0.2) is 0 Å². The molecule has 0 aliphatic heterocycles. The van der Waals surface area contributed by atoms with Gasteiger partial charge < -0.3 is 19.7 Å². The zero-order valence-electron chi connectivity index (χ0n) is 15.0. The van der Waals surface area contributed by atoms with Crippen molar-refractivity contribution < 1.29 is 14.3 Å². The molecule has 0 radical (unpaired) electrons. The Labute approximate surface area is 149 Å². The van der Waals surface area contributed by atoms with Crippen LogP contribution in [0.4, 0.5) is 5.69 Å². The van der Waals surface area contributed by atoms with Crippen molar-refractivity contribution >= 4 is 11.6 Å². The van der Waals surface area contributed by atoms with Crippen LogP contribution < -0.4 is 14.8 Å². The van der Waals surface area contributed by atoms with Gasteiger partial charge in [0.05, 0.1) is 19.9 Å². The molecule has 1 aromatic rings. The maximum Gasteiger partial charge on any atom is 0.267 e. The molecule has 6 heteroatoms. The number of hydrogen-bond acceptors (Lipinski definition) is 5. The van der Waals surface area contributed by atoms with E-state index in [9.17, 15) is 10.1 Å². The summed E-state index contributed by atoms with van der Waals surface area (Å²) in [5.74, 6) is 0.640. The molecule has 25 heavy (non-hydrogen) atoms. The summed E-state index contributed by atoms with van der Waals surface area (Å²) >= 11 is 0. The third-order valence-corrected chi connectivity index (χ3v) is 4.50. The molecule has 2 rings (SSSR count). The molecule has 1 fully saturated rings. The Hall–Kier alpha value is -2.68. The van der Waals surface area contributed by atoms with Crippen LogP contribution in [0.5, 0.6) is 11.5 Å². The lowest BCUT2D eigenvalue weighted by Crippen LogP contribution is -2.30. The van der Waals surface area contributed by atoms with E-state index in [4.69, 9.17) is 9.47 Å². The summed E-state index contributed by atoms with van der Waals surface area (Å²) in [5.41, 5.74) is 0.534. The molecule has 1 amide bonds. The number of rotatable bonds is 6. The Balaban J connectivity index is 2.14. The first-order valence-corrected chi connectivity index (χ1v) is 8.46. The fourth-order valence-corrected chi connectivity index (χ4v) is 3.04. The Morgan fingerprint density at radius 2 is 2.00 bits per heavy atom. The van der Waals surface area contributed by atoms with Crippen LogP contribution in [0, 0.1) is 11.3 Å². The van der Waals surface area contributed by atoms with Gasteiger partial charge in [0.2, 0.25) is 0 Å². The Morgan fingerprint density at radius 3 is 2.60 bits per heavy atom. The van der Waals surface area contributed by atoms with Gasteiger partial charge in [-0.2, -0.15) is 5.26 Å². The average Bonchev–Trinajstić information content (AvgIpc) is 2.66. The van der Waals surface area contributed by atoms with Gasteiger partial charge in [0.1, 0.15) is 23.1 Å². The minimum atomic E-state index is -0.461.